The van der Waals surface area contributed by atoms with Crippen LogP contribution < -0.4 is 0 Å². The Kier molecular flexibility index (Phi) is 5.84. The van der Waals surface area contributed by atoms with E-state index in [1.54, 1.807) is 0 Å². The highest BCUT2D eigenvalue weighted by atomic mass is 32.2. The van der Waals surface area contributed by atoms with Crippen LogP contribution in [0.1, 0.15) is 6.42 Å². The van der Waals surface area contributed by atoms with Crippen LogP contribution in [0.5, 0.6) is 0 Å². The van der Waals surface area contributed by atoms with E-state index in [0.717, 1.165) is 14.6 Å². The number of fused-ring (bicyclic) bond motifs is 1. The van der Waals surface area contributed by atoms with Crippen molar-refractivity contribution >= 4 is 45.6 Å². The molecule has 1 heterocycles. The minimum Gasteiger partial charge on any atom is -0.450 e. The quantitative estimate of drug-likeness (QED) is 0.581. The first kappa shape index (κ1) is 16.4. The van der Waals surface area contributed by atoms with Crippen LogP contribution >= 0.6 is 23.1 Å². The fraction of sp³-hybridized carbons (Fsp3) is 0.308. The van der Waals surface area contributed by atoms with Crippen LogP contribution in [0.25, 0.3) is 10.2 Å². The molecule has 1 aromatic heterocycles. The third kappa shape index (κ3) is 5.08. The number of hydrogen-bond donors (Lipinski definition) is 2. The van der Waals surface area contributed by atoms with Gasteiger partial charge in [-0.25, -0.2) is 14.6 Å². The molecule has 2 aromatic rings. The van der Waals surface area contributed by atoms with Gasteiger partial charge in [-0.05, 0) is 12.1 Å². The molecular weight excluding hydrogens is 330 g/mol. The van der Waals surface area contributed by atoms with E-state index in [1.165, 1.54) is 23.1 Å². The van der Waals surface area contributed by atoms with Crippen LogP contribution in [-0.2, 0) is 9.47 Å². The van der Waals surface area contributed by atoms with Crippen molar-refractivity contribution in [2.75, 3.05) is 12.4 Å². The van der Waals surface area contributed by atoms with E-state index in [9.17, 15) is 9.59 Å². The molecule has 2 N–H and O–H groups in total. The zero-order valence-corrected chi connectivity index (χ0v) is 12.9. The van der Waals surface area contributed by atoms with E-state index in [-0.39, 0.29) is 13.0 Å². The van der Waals surface area contributed by atoms with Gasteiger partial charge in [0.2, 0.25) is 0 Å². The normalized spacial score (nSPS) is 12.0. The molecule has 0 radical (unpaired) electrons. The first-order chi connectivity index (χ1) is 10.5. The third-order valence-electron chi connectivity index (χ3n) is 2.60. The molecule has 2 rings (SSSR count). The Bertz CT molecular complexity index is 626. The molecule has 0 aliphatic heterocycles. The molecule has 1 unspecified atom stereocenters. The first-order valence-electron chi connectivity index (χ1n) is 6.28. The molecule has 0 aliphatic rings. The van der Waals surface area contributed by atoms with Crippen molar-refractivity contribution in [2.24, 2.45) is 0 Å². The minimum atomic E-state index is -1.40. The fourth-order valence-corrected chi connectivity index (χ4v) is 3.81. The van der Waals surface area contributed by atoms with Gasteiger partial charge in [0.1, 0.15) is 6.10 Å². The predicted molar refractivity (Wildman–Crippen MR) is 81.8 cm³/mol. The summed E-state index contributed by atoms with van der Waals surface area (Å²) in [5, 5.41) is 17.1. The minimum absolute atomic E-state index is 0.117. The second kappa shape index (κ2) is 7.85. The van der Waals surface area contributed by atoms with Crippen LogP contribution in [0.4, 0.5) is 9.59 Å². The molecule has 0 amide bonds. The Morgan fingerprint density at radius 3 is 2.73 bits per heavy atom. The summed E-state index contributed by atoms with van der Waals surface area (Å²) in [6, 6.07) is 7.69. The van der Waals surface area contributed by atoms with Crippen LogP contribution in [0.3, 0.4) is 0 Å². The zero-order valence-electron chi connectivity index (χ0n) is 11.3. The van der Waals surface area contributed by atoms with Crippen molar-refractivity contribution in [1.82, 2.24) is 4.98 Å². The Morgan fingerprint density at radius 1 is 1.27 bits per heavy atom. The highest BCUT2D eigenvalue weighted by molar-refractivity contribution is 8.01. The van der Waals surface area contributed by atoms with Crippen molar-refractivity contribution in [3.63, 3.8) is 0 Å². The maximum atomic E-state index is 10.7. The van der Waals surface area contributed by atoms with Gasteiger partial charge in [0, 0.05) is 12.2 Å². The molecule has 0 spiro atoms. The number of hydrogen-bond acceptors (Lipinski definition) is 7. The smallest absolute Gasteiger partial charge is 0.450 e. The third-order valence-corrected chi connectivity index (χ3v) is 4.91. The first-order valence-corrected chi connectivity index (χ1v) is 8.08. The Hall–Kier alpha value is -2.00. The van der Waals surface area contributed by atoms with E-state index in [2.05, 4.69) is 9.72 Å². The number of rotatable bonds is 7. The molecule has 1 aromatic carbocycles. The molecule has 9 heteroatoms. The van der Waals surface area contributed by atoms with Crippen LogP contribution in [0.15, 0.2) is 28.6 Å². The average molecular weight is 343 g/mol. The predicted octanol–water partition coefficient (Wildman–Crippen LogP) is 3.54. The molecule has 118 valence electrons. The highest BCUT2D eigenvalue weighted by Crippen LogP contribution is 2.30. The van der Waals surface area contributed by atoms with Gasteiger partial charge in [-0.3, -0.25) is 0 Å². The number of thioether (sulfide) groups is 1. The molecule has 0 saturated heterocycles. The fourth-order valence-electron chi connectivity index (χ4n) is 1.67. The summed E-state index contributed by atoms with van der Waals surface area (Å²) in [6.07, 6.45) is -3.29. The lowest BCUT2D eigenvalue weighted by molar-refractivity contribution is 0.0408. The molecule has 0 saturated carbocycles. The van der Waals surface area contributed by atoms with Gasteiger partial charge in [-0.2, -0.15) is 0 Å². The molecular formula is C13H13NO6S2. The van der Waals surface area contributed by atoms with E-state index < -0.39 is 18.4 Å². The van der Waals surface area contributed by atoms with E-state index in [1.807, 2.05) is 24.3 Å². The van der Waals surface area contributed by atoms with Gasteiger partial charge in [-0.1, -0.05) is 23.9 Å². The van der Waals surface area contributed by atoms with Gasteiger partial charge < -0.3 is 19.7 Å². The molecule has 0 bridgehead atoms. The molecule has 1 atom stereocenters. The Labute approximate surface area is 133 Å². The second-order valence-electron chi connectivity index (χ2n) is 4.17. The van der Waals surface area contributed by atoms with E-state index in [0.29, 0.717) is 5.75 Å². The summed E-state index contributed by atoms with van der Waals surface area (Å²) in [5.41, 5.74) is 0.889. The Morgan fingerprint density at radius 2 is 2.05 bits per heavy atom. The van der Waals surface area contributed by atoms with Crippen molar-refractivity contribution in [1.29, 1.82) is 0 Å². The van der Waals surface area contributed by atoms with Gasteiger partial charge in [0.05, 0.1) is 16.8 Å². The largest absolute Gasteiger partial charge is 0.506 e. The van der Waals surface area contributed by atoms with Crippen molar-refractivity contribution in [2.45, 2.75) is 16.9 Å². The molecule has 22 heavy (non-hydrogen) atoms. The van der Waals surface area contributed by atoms with E-state index >= 15 is 0 Å². The monoisotopic (exact) mass is 343 g/mol. The SMILES string of the molecule is O=C(O)OCCC(CSc1nc2ccccc2s1)OC(=O)O. The summed E-state index contributed by atoms with van der Waals surface area (Å²) >= 11 is 2.88. The van der Waals surface area contributed by atoms with Crippen LogP contribution in [0.2, 0.25) is 0 Å². The molecule has 7 nitrogen and oxygen atoms in total. The number of carboxylic acid groups (broad SMARTS) is 2. The number of nitrogens with zero attached hydrogens (tertiary/aromatic N) is 1. The lowest BCUT2D eigenvalue weighted by Crippen LogP contribution is -2.22. The van der Waals surface area contributed by atoms with Crippen molar-refractivity contribution in [3.05, 3.63) is 24.3 Å². The number of carbonyl (C=O) groups is 2. The van der Waals surface area contributed by atoms with Crippen LogP contribution in [-0.4, -0.2) is 46.0 Å². The summed E-state index contributed by atoms with van der Waals surface area (Å²) in [4.78, 5) is 25.4. The molecule has 0 fully saturated rings. The van der Waals surface area contributed by atoms with Gasteiger partial charge in [-0.15, -0.1) is 11.3 Å². The topological polar surface area (TPSA) is 106 Å². The number of ether oxygens (including phenoxy) is 2. The van der Waals surface area contributed by atoms with Gasteiger partial charge >= 0.3 is 12.3 Å². The van der Waals surface area contributed by atoms with Crippen molar-refractivity contribution in [3.8, 4) is 0 Å². The lowest BCUT2D eigenvalue weighted by Gasteiger charge is -2.14. The highest BCUT2D eigenvalue weighted by Gasteiger charge is 2.16. The van der Waals surface area contributed by atoms with E-state index in [4.69, 9.17) is 14.9 Å². The number of para-hydroxylation sites is 1. The number of aromatic nitrogens is 1. The van der Waals surface area contributed by atoms with Gasteiger partial charge in [0.25, 0.3) is 0 Å². The summed E-state index contributed by atoms with van der Waals surface area (Å²) in [5.74, 6) is 0.342. The molecule has 0 aliphatic carbocycles. The maximum Gasteiger partial charge on any atom is 0.506 e. The average Bonchev–Trinajstić information content (AvgIpc) is 2.86. The van der Waals surface area contributed by atoms with Crippen LogP contribution in [0, 0.1) is 0 Å². The summed E-state index contributed by atoms with van der Waals surface area (Å²) in [7, 11) is 0. The summed E-state index contributed by atoms with van der Waals surface area (Å²) < 4.78 is 11.0. The standard InChI is InChI=1S/C13H13NO6S2/c15-12(16)19-6-5-8(20-13(17)18)7-21-11-14-9-3-1-2-4-10(9)22-11/h1-4,8H,5-7H2,(H,15,16)(H,17,18). The second-order valence-corrected chi connectivity index (χ2v) is 6.47. The zero-order chi connectivity index (χ0) is 15.9. The maximum absolute atomic E-state index is 10.7. The summed E-state index contributed by atoms with van der Waals surface area (Å²) in [6.45, 7) is -0.117. The van der Waals surface area contributed by atoms with Gasteiger partial charge in [0.15, 0.2) is 4.34 Å². The lowest BCUT2D eigenvalue weighted by atomic mass is 10.3. The Balaban J connectivity index is 1.91. The van der Waals surface area contributed by atoms with Crippen molar-refractivity contribution < 1.29 is 29.3 Å². The number of benzene rings is 1. The number of thiazole rings is 1.